The van der Waals surface area contributed by atoms with E-state index in [4.69, 9.17) is 4.74 Å². The first-order valence-electron chi connectivity index (χ1n) is 8.63. The second kappa shape index (κ2) is 7.40. The summed E-state index contributed by atoms with van der Waals surface area (Å²) in [4.78, 5) is 6.94. The third-order valence-electron chi connectivity index (χ3n) is 4.23. The van der Waals surface area contributed by atoms with Gasteiger partial charge in [0.15, 0.2) is 0 Å². The molecule has 0 unspecified atom stereocenters. The average Bonchev–Trinajstić information content (AvgIpc) is 3.07. The molecule has 0 spiro atoms. The number of halogens is 4. The molecule has 0 aliphatic heterocycles. The van der Waals surface area contributed by atoms with E-state index >= 15 is 0 Å². The van der Waals surface area contributed by atoms with E-state index in [1.165, 1.54) is 30.5 Å². The molecule has 0 amide bonds. The molecule has 4 aromatic rings. The molecule has 0 saturated carbocycles. The van der Waals surface area contributed by atoms with Crippen molar-refractivity contribution >= 4 is 22.4 Å². The molecule has 2 heterocycles. The summed E-state index contributed by atoms with van der Waals surface area (Å²) in [6.07, 6.45) is -3.19. The van der Waals surface area contributed by atoms with Gasteiger partial charge in [0.1, 0.15) is 34.9 Å². The average molecular weight is 412 g/mol. The highest BCUT2D eigenvalue weighted by atomic mass is 19.4. The molecule has 2 aromatic heterocycles. The van der Waals surface area contributed by atoms with Crippen LogP contribution in [0, 0.1) is 17.1 Å². The number of aromatic nitrogens is 2. The summed E-state index contributed by atoms with van der Waals surface area (Å²) < 4.78 is 57.2. The molecular formula is C21H12F4N4O. The number of fused-ring (bicyclic) bond motifs is 1. The van der Waals surface area contributed by atoms with Crippen molar-refractivity contribution < 1.29 is 22.3 Å². The van der Waals surface area contributed by atoms with Crippen LogP contribution in [0.5, 0.6) is 11.5 Å². The summed E-state index contributed by atoms with van der Waals surface area (Å²) in [6, 6.07) is 13.9. The number of ether oxygens (including phenoxy) is 1. The van der Waals surface area contributed by atoms with E-state index in [9.17, 15) is 22.8 Å². The van der Waals surface area contributed by atoms with Crippen molar-refractivity contribution in [3.8, 4) is 17.6 Å². The van der Waals surface area contributed by atoms with Gasteiger partial charge in [0, 0.05) is 29.4 Å². The van der Waals surface area contributed by atoms with Crippen LogP contribution in [0.4, 0.5) is 29.1 Å². The van der Waals surface area contributed by atoms with Crippen LogP contribution in [0.2, 0.25) is 0 Å². The van der Waals surface area contributed by atoms with Crippen molar-refractivity contribution in [2.45, 2.75) is 6.18 Å². The first-order chi connectivity index (χ1) is 14.3. The van der Waals surface area contributed by atoms with Crippen molar-refractivity contribution in [1.29, 1.82) is 5.26 Å². The van der Waals surface area contributed by atoms with Gasteiger partial charge in [0.25, 0.3) is 0 Å². The van der Waals surface area contributed by atoms with Gasteiger partial charge in [-0.1, -0.05) is 0 Å². The number of rotatable bonds is 4. The zero-order chi connectivity index (χ0) is 21.3. The number of nitrogens with zero attached hydrogens (tertiary/aromatic N) is 2. The third kappa shape index (κ3) is 4.03. The highest BCUT2D eigenvalue weighted by molar-refractivity contribution is 5.84. The normalized spacial score (nSPS) is 11.3. The molecule has 4 rings (SSSR count). The van der Waals surface area contributed by atoms with Gasteiger partial charge in [0.2, 0.25) is 0 Å². The highest BCUT2D eigenvalue weighted by Gasteiger charge is 2.30. The zero-order valence-corrected chi connectivity index (χ0v) is 15.1. The molecule has 0 atom stereocenters. The monoisotopic (exact) mass is 412 g/mol. The molecular weight excluding hydrogens is 400 g/mol. The van der Waals surface area contributed by atoms with Crippen molar-refractivity contribution in [2.75, 3.05) is 5.32 Å². The molecule has 2 N–H and O–H groups in total. The van der Waals surface area contributed by atoms with Crippen LogP contribution < -0.4 is 10.1 Å². The number of nitriles is 1. The first-order valence-corrected chi connectivity index (χ1v) is 8.63. The summed E-state index contributed by atoms with van der Waals surface area (Å²) >= 11 is 0. The number of aromatic amines is 1. The molecule has 0 saturated heterocycles. The van der Waals surface area contributed by atoms with E-state index in [-0.39, 0.29) is 28.8 Å². The number of H-pyrrole nitrogens is 1. The van der Waals surface area contributed by atoms with Gasteiger partial charge in [-0.05, 0) is 42.5 Å². The summed E-state index contributed by atoms with van der Waals surface area (Å²) in [5.41, 5.74) is 0.428. The lowest BCUT2D eigenvalue weighted by Gasteiger charge is -2.11. The summed E-state index contributed by atoms with van der Waals surface area (Å²) in [5, 5.41) is 12.7. The van der Waals surface area contributed by atoms with Gasteiger partial charge in [0.05, 0.1) is 11.1 Å². The molecule has 150 valence electrons. The van der Waals surface area contributed by atoms with E-state index in [1.54, 1.807) is 18.2 Å². The number of nitrogens with one attached hydrogen (secondary N) is 2. The Bertz CT molecular complexity index is 1260. The van der Waals surface area contributed by atoms with Gasteiger partial charge in [-0.2, -0.15) is 18.4 Å². The Hall–Kier alpha value is -4.06. The van der Waals surface area contributed by atoms with Crippen molar-refractivity contribution in [1.82, 2.24) is 9.97 Å². The maximum atomic E-state index is 13.6. The predicted molar refractivity (Wildman–Crippen MR) is 102 cm³/mol. The summed E-state index contributed by atoms with van der Waals surface area (Å²) in [7, 11) is 0. The molecule has 30 heavy (non-hydrogen) atoms. The van der Waals surface area contributed by atoms with Crippen LogP contribution in [0.25, 0.3) is 10.9 Å². The van der Waals surface area contributed by atoms with Crippen molar-refractivity contribution in [2.24, 2.45) is 0 Å². The number of hydrogen-bond acceptors (Lipinski definition) is 4. The fourth-order valence-electron chi connectivity index (χ4n) is 2.85. The van der Waals surface area contributed by atoms with Crippen LogP contribution in [0.1, 0.15) is 11.3 Å². The number of benzene rings is 2. The maximum Gasteiger partial charge on any atom is 0.416 e. The van der Waals surface area contributed by atoms with Crippen molar-refractivity contribution in [3.05, 3.63) is 77.9 Å². The molecule has 0 radical (unpaired) electrons. The zero-order valence-electron chi connectivity index (χ0n) is 15.1. The standard InChI is InChI=1S/C21H12F4N4O/c22-18-11-27-19-8-13(3-6-17(18)19)28-20-9-16(7-14(10-26)29-20)30-15-4-1-12(2-5-15)21(23,24)25/h1-9,11,27H,(H,28,29). The Morgan fingerprint density at radius 2 is 1.77 bits per heavy atom. The van der Waals surface area contributed by atoms with Crippen LogP contribution in [0.15, 0.2) is 60.8 Å². The van der Waals surface area contributed by atoms with Crippen LogP contribution in [-0.4, -0.2) is 9.97 Å². The fourth-order valence-corrected chi connectivity index (χ4v) is 2.85. The van der Waals surface area contributed by atoms with E-state index in [1.807, 2.05) is 6.07 Å². The number of pyridine rings is 1. The van der Waals surface area contributed by atoms with Crippen molar-refractivity contribution in [3.63, 3.8) is 0 Å². The maximum absolute atomic E-state index is 13.6. The topological polar surface area (TPSA) is 73.7 Å². The SMILES string of the molecule is N#Cc1cc(Oc2ccc(C(F)(F)F)cc2)cc(Nc2ccc3c(F)c[nH]c3c2)n1. The fraction of sp³-hybridized carbons (Fsp3) is 0.0476. The van der Waals surface area contributed by atoms with Gasteiger partial charge >= 0.3 is 6.18 Å². The second-order valence-corrected chi connectivity index (χ2v) is 6.33. The number of alkyl halides is 3. The Morgan fingerprint density at radius 1 is 1.00 bits per heavy atom. The Labute approximate surface area is 167 Å². The molecule has 0 aliphatic carbocycles. The van der Waals surface area contributed by atoms with Gasteiger partial charge in [-0.15, -0.1) is 0 Å². The Balaban J connectivity index is 1.59. The van der Waals surface area contributed by atoms with E-state index in [0.717, 1.165) is 12.1 Å². The molecule has 0 aliphatic rings. The lowest BCUT2D eigenvalue weighted by Crippen LogP contribution is -2.04. The van der Waals surface area contributed by atoms with Gasteiger partial charge < -0.3 is 15.0 Å². The quantitative estimate of drug-likeness (QED) is 0.396. The molecule has 9 heteroatoms. The lowest BCUT2D eigenvalue weighted by molar-refractivity contribution is -0.137. The van der Waals surface area contributed by atoms with Gasteiger partial charge in [-0.25, -0.2) is 9.37 Å². The predicted octanol–water partition coefficient (Wildman–Crippen LogP) is 6.13. The Morgan fingerprint density at radius 3 is 2.47 bits per heavy atom. The minimum absolute atomic E-state index is 0.0499. The summed E-state index contributed by atoms with van der Waals surface area (Å²) in [6.45, 7) is 0. The van der Waals surface area contributed by atoms with Crippen LogP contribution >= 0.6 is 0 Å². The second-order valence-electron chi connectivity index (χ2n) is 6.33. The lowest BCUT2D eigenvalue weighted by atomic mass is 10.2. The highest BCUT2D eigenvalue weighted by Crippen LogP contribution is 2.32. The van der Waals surface area contributed by atoms with Crippen LogP contribution in [0.3, 0.4) is 0 Å². The minimum atomic E-state index is -4.44. The number of hydrogen-bond donors (Lipinski definition) is 2. The summed E-state index contributed by atoms with van der Waals surface area (Å²) in [5.74, 6) is 0.304. The minimum Gasteiger partial charge on any atom is -0.457 e. The van der Waals surface area contributed by atoms with E-state index < -0.39 is 11.7 Å². The van der Waals surface area contributed by atoms with Crippen LogP contribution in [-0.2, 0) is 6.18 Å². The molecule has 2 aromatic carbocycles. The number of anilines is 2. The largest absolute Gasteiger partial charge is 0.457 e. The van der Waals surface area contributed by atoms with E-state index in [2.05, 4.69) is 15.3 Å². The Kier molecular flexibility index (Phi) is 4.75. The van der Waals surface area contributed by atoms with Gasteiger partial charge in [-0.3, -0.25) is 0 Å². The van der Waals surface area contributed by atoms with E-state index in [0.29, 0.717) is 16.6 Å². The molecule has 0 bridgehead atoms. The molecule has 5 nitrogen and oxygen atoms in total. The first kappa shape index (κ1) is 19.3. The third-order valence-corrected chi connectivity index (χ3v) is 4.23. The smallest absolute Gasteiger partial charge is 0.416 e. The molecule has 0 fully saturated rings.